The predicted octanol–water partition coefficient (Wildman–Crippen LogP) is 1.76. The standard InChI is InChI=1S/C20H18O5/c21-17-13-7-12-16(19(22,23)14-8-3-1-4-9-14)18(17)20(24,25)15-10-5-2-6-11-15/h1-13,21-25H. The van der Waals surface area contributed by atoms with Gasteiger partial charge in [-0.05, 0) is 6.07 Å². The van der Waals surface area contributed by atoms with Crippen LogP contribution in [0.4, 0.5) is 0 Å². The third-order valence-electron chi connectivity index (χ3n) is 4.12. The van der Waals surface area contributed by atoms with Gasteiger partial charge in [0.15, 0.2) is 0 Å². The largest absolute Gasteiger partial charge is 0.507 e. The first-order valence-electron chi connectivity index (χ1n) is 7.68. The molecular formula is C20H18O5. The maximum atomic E-state index is 10.7. The van der Waals surface area contributed by atoms with Gasteiger partial charge in [-0.15, -0.1) is 0 Å². The first kappa shape index (κ1) is 17.1. The highest BCUT2D eigenvalue weighted by Crippen LogP contribution is 2.41. The second kappa shape index (κ2) is 6.31. The molecule has 128 valence electrons. The zero-order valence-electron chi connectivity index (χ0n) is 13.2. The fourth-order valence-corrected chi connectivity index (χ4v) is 2.84. The molecule has 25 heavy (non-hydrogen) atoms. The number of phenolic OH excluding ortho intramolecular Hbond substituents is 1. The average Bonchev–Trinajstić information content (AvgIpc) is 2.63. The minimum atomic E-state index is -2.62. The van der Waals surface area contributed by atoms with Gasteiger partial charge in [0.1, 0.15) is 5.75 Å². The first-order valence-corrected chi connectivity index (χ1v) is 7.68. The predicted molar refractivity (Wildman–Crippen MR) is 91.4 cm³/mol. The highest BCUT2D eigenvalue weighted by Gasteiger charge is 2.41. The maximum Gasteiger partial charge on any atom is 0.221 e. The molecule has 0 aliphatic carbocycles. The molecule has 0 heterocycles. The molecular weight excluding hydrogens is 320 g/mol. The Hall–Kier alpha value is -2.70. The van der Waals surface area contributed by atoms with E-state index >= 15 is 0 Å². The molecule has 0 fully saturated rings. The van der Waals surface area contributed by atoms with Crippen LogP contribution in [0.2, 0.25) is 0 Å². The Labute approximate surface area is 144 Å². The number of rotatable bonds is 4. The van der Waals surface area contributed by atoms with Crippen LogP contribution in [0.25, 0.3) is 0 Å². The van der Waals surface area contributed by atoms with Crippen molar-refractivity contribution in [3.05, 3.63) is 101 Å². The van der Waals surface area contributed by atoms with Crippen molar-refractivity contribution in [3.8, 4) is 5.75 Å². The molecule has 3 aromatic carbocycles. The van der Waals surface area contributed by atoms with E-state index in [1.54, 1.807) is 36.4 Å². The fraction of sp³-hybridized carbons (Fsp3) is 0.100. The van der Waals surface area contributed by atoms with Crippen LogP contribution in [-0.4, -0.2) is 25.5 Å². The summed E-state index contributed by atoms with van der Waals surface area (Å²) in [5.41, 5.74) is -0.407. The lowest BCUT2D eigenvalue weighted by atomic mass is 9.86. The van der Waals surface area contributed by atoms with E-state index in [0.717, 1.165) is 0 Å². The Kier molecular flexibility index (Phi) is 4.32. The summed E-state index contributed by atoms with van der Waals surface area (Å²) in [6, 6.07) is 19.8. The Morgan fingerprint density at radius 3 is 1.52 bits per heavy atom. The lowest BCUT2D eigenvalue weighted by Gasteiger charge is -2.31. The van der Waals surface area contributed by atoms with Crippen molar-refractivity contribution < 1.29 is 25.5 Å². The second-order valence-corrected chi connectivity index (χ2v) is 5.78. The Balaban J connectivity index is 2.23. The second-order valence-electron chi connectivity index (χ2n) is 5.78. The van der Waals surface area contributed by atoms with Gasteiger partial charge in [0.25, 0.3) is 0 Å². The molecule has 3 rings (SSSR count). The van der Waals surface area contributed by atoms with Crippen LogP contribution in [0.1, 0.15) is 22.3 Å². The molecule has 0 atom stereocenters. The smallest absolute Gasteiger partial charge is 0.221 e. The highest BCUT2D eigenvalue weighted by atomic mass is 16.5. The molecule has 0 saturated heterocycles. The van der Waals surface area contributed by atoms with Crippen LogP contribution in [0.5, 0.6) is 5.75 Å². The summed E-state index contributed by atoms with van der Waals surface area (Å²) in [7, 11) is 0. The third-order valence-corrected chi connectivity index (χ3v) is 4.12. The summed E-state index contributed by atoms with van der Waals surface area (Å²) >= 11 is 0. The zero-order chi connectivity index (χ0) is 18.1. The van der Waals surface area contributed by atoms with E-state index < -0.39 is 22.9 Å². The van der Waals surface area contributed by atoms with E-state index in [-0.39, 0.29) is 16.7 Å². The highest BCUT2D eigenvalue weighted by molar-refractivity contribution is 5.51. The van der Waals surface area contributed by atoms with Crippen LogP contribution in [0.3, 0.4) is 0 Å². The molecule has 0 amide bonds. The number of aromatic hydroxyl groups is 1. The van der Waals surface area contributed by atoms with E-state index in [2.05, 4.69) is 0 Å². The Morgan fingerprint density at radius 1 is 0.520 bits per heavy atom. The van der Waals surface area contributed by atoms with Crippen molar-refractivity contribution in [2.75, 3.05) is 0 Å². The quantitative estimate of drug-likeness (QED) is 0.467. The molecule has 0 saturated carbocycles. The minimum absolute atomic E-state index is 0.0848. The normalized spacial score (nSPS) is 12.2. The molecule has 0 aromatic heterocycles. The number of hydrogen-bond donors (Lipinski definition) is 5. The average molecular weight is 338 g/mol. The van der Waals surface area contributed by atoms with Gasteiger partial charge >= 0.3 is 0 Å². The molecule has 5 N–H and O–H groups in total. The monoisotopic (exact) mass is 338 g/mol. The van der Waals surface area contributed by atoms with Crippen molar-refractivity contribution in [3.63, 3.8) is 0 Å². The summed E-state index contributed by atoms with van der Waals surface area (Å²) in [6.45, 7) is 0. The molecule has 0 radical (unpaired) electrons. The van der Waals surface area contributed by atoms with Crippen molar-refractivity contribution in [2.24, 2.45) is 0 Å². The van der Waals surface area contributed by atoms with Crippen LogP contribution < -0.4 is 0 Å². The summed E-state index contributed by atoms with van der Waals surface area (Å²) in [5, 5.41) is 53.1. The first-order chi connectivity index (χ1) is 11.8. The van der Waals surface area contributed by atoms with Crippen molar-refractivity contribution >= 4 is 0 Å². The van der Waals surface area contributed by atoms with Crippen LogP contribution >= 0.6 is 0 Å². The lowest BCUT2D eigenvalue weighted by molar-refractivity contribution is -0.154. The summed E-state index contributed by atoms with van der Waals surface area (Å²) in [5.74, 6) is -5.61. The number of aliphatic hydroxyl groups is 4. The van der Waals surface area contributed by atoms with Gasteiger partial charge in [0.05, 0.1) is 5.56 Å². The molecule has 0 unspecified atom stereocenters. The third kappa shape index (κ3) is 3.01. The van der Waals surface area contributed by atoms with Gasteiger partial charge in [-0.3, -0.25) is 0 Å². The SMILES string of the molecule is Oc1cccc(C(O)(O)c2ccccc2)c1C(O)(O)c1ccccc1. The lowest BCUT2D eigenvalue weighted by Crippen LogP contribution is -2.35. The molecule has 5 heteroatoms. The molecule has 0 spiro atoms. The summed E-state index contributed by atoms with van der Waals surface area (Å²) in [4.78, 5) is 0. The fourth-order valence-electron chi connectivity index (χ4n) is 2.84. The maximum absolute atomic E-state index is 10.7. The van der Waals surface area contributed by atoms with Gasteiger partial charge in [0.2, 0.25) is 11.6 Å². The zero-order valence-corrected chi connectivity index (χ0v) is 13.2. The van der Waals surface area contributed by atoms with Crippen LogP contribution in [0.15, 0.2) is 78.9 Å². The number of benzene rings is 3. The minimum Gasteiger partial charge on any atom is -0.507 e. The molecule has 3 aromatic rings. The van der Waals surface area contributed by atoms with Gasteiger partial charge in [-0.1, -0.05) is 72.8 Å². The Bertz CT molecular complexity index is 858. The van der Waals surface area contributed by atoms with Crippen molar-refractivity contribution in [2.45, 2.75) is 11.6 Å². The Morgan fingerprint density at radius 2 is 1.00 bits per heavy atom. The van der Waals surface area contributed by atoms with Crippen LogP contribution in [-0.2, 0) is 11.6 Å². The summed E-state index contributed by atoms with van der Waals surface area (Å²) < 4.78 is 0. The van der Waals surface area contributed by atoms with Gasteiger partial charge in [-0.25, -0.2) is 0 Å². The van der Waals surface area contributed by atoms with Gasteiger partial charge in [-0.2, -0.15) is 0 Å². The van der Waals surface area contributed by atoms with Crippen molar-refractivity contribution in [1.82, 2.24) is 0 Å². The van der Waals surface area contributed by atoms with Crippen molar-refractivity contribution in [1.29, 1.82) is 0 Å². The number of hydrogen-bond acceptors (Lipinski definition) is 5. The van der Waals surface area contributed by atoms with E-state index in [0.29, 0.717) is 0 Å². The van der Waals surface area contributed by atoms with E-state index in [9.17, 15) is 25.5 Å². The van der Waals surface area contributed by atoms with E-state index in [4.69, 9.17) is 0 Å². The molecule has 0 bridgehead atoms. The van der Waals surface area contributed by atoms with Gasteiger partial charge < -0.3 is 25.5 Å². The molecule has 5 nitrogen and oxygen atoms in total. The van der Waals surface area contributed by atoms with Gasteiger partial charge in [0, 0.05) is 16.7 Å². The van der Waals surface area contributed by atoms with Crippen LogP contribution in [0, 0.1) is 0 Å². The topological polar surface area (TPSA) is 101 Å². The van der Waals surface area contributed by atoms with E-state index in [1.807, 2.05) is 0 Å². The summed E-state index contributed by atoms with van der Waals surface area (Å²) in [6.07, 6.45) is 0. The number of phenols is 1. The molecule has 0 aliphatic rings. The van der Waals surface area contributed by atoms with E-state index in [1.165, 1.54) is 42.5 Å². The molecule has 0 aliphatic heterocycles.